The van der Waals surface area contributed by atoms with Crippen LogP contribution < -0.4 is 0 Å². The van der Waals surface area contributed by atoms with Gasteiger partial charge in [0, 0.05) is 31.7 Å². The van der Waals surface area contributed by atoms with E-state index in [9.17, 15) is 4.79 Å². The zero-order chi connectivity index (χ0) is 19.5. The summed E-state index contributed by atoms with van der Waals surface area (Å²) in [5.41, 5.74) is 3.12. The van der Waals surface area contributed by atoms with Crippen LogP contribution in [0.1, 0.15) is 69.2 Å². The van der Waals surface area contributed by atoms with Gasteiger partial charge in [-0.15, -0.1) is 10.2 Å². The summed E-state index contributed by atoms with van der Waals surface area (Å²) in [4.78, 5) is 20.0. The van der Waals surface area contributed by atoms with Crippen LogP contribution in [0.3, 0.4) is 0 Å². The summed E-state index contributed by atoms with van der Waals surface area (Å²) >= 11 is 0. The van der Waals surface area contributed by atoms with Gasteiger partial charge in [-0.05, 0) is 43.2 Å². The molecule has 28 heavy (non-hydrogen) atoms. The Balaban J connectivity index is 1.34. The molecule has 6 heteroatoms. The Kier molecular flexibility index (Phi) is 5.55. The first-order chi connectivity index (χ1) is 13.6. The third-order valence-electron chi connectivity index (χ3n) is 5.53. The molecule has 1 aromatic carbocycles. The smallest absolute Gasteiger partial charge is 0.133 e. The van der Waals surface area contributed by atoms with Crippen LogP contribution in [-0.4, -0.2) is 30.5 Å². The van der Waals surface area contributed by atoms with Crippen LogP contribution in [0, 0.1) is 5.92 Å². The van der Waals surface area contributed by atoms with E-state index in [0.717, 1.165) is 47.5 Å². The van der Waals surface area contributed by atoms with E-state index in [-0.39, 0.29) is 5.78 Å². The van der Waals surface area contributed by atoms with E-state index in [4.69, 9.17) is 0 Å². The lowest BCUT2D eigenvalue weighted by atomic mass is 10.0. The summed E-state index contributed by atoms with van der Waals surface area (Å²) in [5, 5.41) is 8.87. The van der Waals surface area contributed by atoms with Crippen molar-refractivity contribution < 1.29 is 4.79 Å². The third kappa shape index (κ3) is 4.32. The van der Waals surface area contributed by atoms with Crippen molar-refractivity contribution in [3.8, 4) is 0 Å². The average molecular weight is 380 g/mol. The number of nitrogens with zero attached hydrogens (tertiary/aromatic N) is 4. The Morgan fingerprint density at radius 1 is 1.14 bits per heavy atom. The van der Waals surface area contributed by atoms with E-state index < -0.39 is 0 Å². The predicted molar refractivity (Wildman–Crippen MR) is 109 cm³/mol. The zero-order valence-corrected chi connectivity index (χ0v) is 16.8. The Morgan fingerprint density at radius 3 is 2.64 bits per heavy atom. The highest BCUT2D eigenvalue weighted by Crippen LogP contribution is 2.37. The van der Waals surface area contributed by atoms with Gasteiger partial charge in [0.2, 0.25) is 0 Å². The fraction of sp³-hybridized carbons (Fsp3) is 0.545. The maximum absolute atomic E-state index is 12.5. The SMILES string of the molecule is CC(C)CCc1nnc(CCC(=O)CCc2cccc3[nH]cnc23)n1C1CC1. The lowest BCUT2D eigenvalue weighted by Gasteiger charge is -2.10. The molecule has 1 aliphatic rings. The molecular weight excluding hydrogens is 350 g/mol. The van der Waals surface area contributed by atoms with E-state index in [2.05, 4.69) is 44.6 Å². The van der Waals surface area contributed by atoms with Crippen molar-refractivity contribution in [1.29, 1.82) is 0 Å². The maximum Gasteiger partial charge on any atom is 0.133 e. The number of nitrogens with one attached hydrogen (secondary N) is 1. The number of imidazole rings is 1. The van der Waals surface area contributed by atoms with Crippen LogP contribution >= 0.6 is 0 Å². The number of hydrogen-bond donors (Lipinski definition) is 1. The van der Waals surface area contributed by atoms with Crippen LogP contribution in [0.15, 0.2) is 24.5 Å². The van der Waals surface area contributed by atoms with Gasteiger partial charge in [0.25, 0.3) is 0 Å². The third-order valence-corrected chi connectivity index (χ3v) is 5.53. The van der Waals surface area contributed by atoms with Gasteiger partial charge in [0.15, 0.2) is 0 Å². The number of benzene rings is 1. The predicted octanol–water partition coefficient (Wildman–Crippen LogP) is 4.21. The molecule has 2 heterocycles. The summed E-state index contributed by atoms with van der Waals surface area (Å²) in [7, 11) is 0. The number of rotatable bonds is 10. The fourth-order valence-electron chi connectivity index (χ4n) is 3.75. The lowest BCUT2D eigenvalue weighted by molar-refractivity contribution is -0.119. The van der Waals surface area contributed by atoms with Crippen molar-refractivity contribution >= 4 is 16.8 Å². The minimum absolute atomic E-state index is 0.279. The van der Waals surface area contributed by atoms with E-state index in [0.29, 0.717) is 31.2 Å². The van der Waals surface area contributed by atoms with Crippen molar-refractivity contribution in [3.05, 3.63) is 41.7 Å². The monoisotopic (exact) mass is 379 g/mol. The van der Waals surface area contributed by atoms with Crippen LogP contribution in [0.4, 0.5) is 0 Å². The van der Waals surface area contributed by atoms with Crippen molar-refractivity contribution in [2.24, 2.45) is 5.92 Å². The molecule has 0 bridgehead atoms. The van der Waals surface area contributed by atoms with Crippen molar-refractivity contribution in [1.82, 2.24) is 24.7 Å². The highest BCUT2D eigenvalue weighted by Gasteiger charge is 2.29. The van der Waals surface area contributed by atoms with E-state index in [1.807, 2.05) is 12.1 Å². The minimum atomic E-state index is 0.279. The molecular formula is C22H29N5O. The molecule has 0 aliphatic heterocycles. The van der Waals surface area contributed by atoms with Gasteiger partial charge in [0.1, 0.15) is 17.4 Å². The molecule has 0 amide bonds. The number of carbonyl (C=O) groups is 1. The van der Waals surface area contributed by atoms with Gasteiger partial charge in [-0.2, -0.15) is 0 Å². The molecule has 1 saturated carbocycles. The molecule has 0 spiro atoms. The molecule has 3 aromatic rings. The molecule has 0 unspecified atom stereocenters. The second kappa shape index (κ2) is 8.25. The Bertz CT molecular complexity index is 951. The van der Waals surface area contributed by atoms with E-state index >= 15 is 0 Å². The van der Waals surface area contributed by atoms with Crippen LogP contribution in [-0.2, 0) is 24.1 Å². The zero-order valence-electron chi connectivity index (χ0n) is 16.8. The van der Waals surface area contributed by atoms with Gasteiger partial charge in [0.05, 0.1) is 17.4 Å². The largest absolute Gasteiger partial charge is 0.345 e. The van der Waals surface area contributed by atoms with Crippen molar-refractivity contribution in [2.75, 3.05) is 0 Å². The topological polar surface area (TPSA) is 76.5 Å². The molecule has 4 rings (SSSR count). The number of H-pyrrole nitrogens is 1. The summed E-state index contributed by atoms with van der Waals surface area (Å²) in [6, 6.07) is 6.63. The normalized spacial score (nSPS) is 14.2. The summed E-state index contributed by atoms with van der Waals surface area (Å²) in [6.45, 7) is 4.47. The molecule has 6 nitrogen and oxygen atoms in total. The second-order valence-electron chi connectivity index (χ2n) is 8.32. The van der Waals surface area contributed by atoms with Crippen LogP contribution in [0.25, 0.3) is 11.0 Å². The Labute approximate surface area is 165 Å². The van der Waals surface area contributed by atoms with Gasteiger partial charge < -0.3 is 9.55 Å². The molecule has 1 N–H and O–H groups in total. The first kappa shape index (κ1) is 18.8. The molecule has 1 aliphatic carbocycles. The summed E-state index contributed by atoms with van der Waals surface area (Å²) < 4.78 is 2.32. The molecule has 1 fully saturated rings. The van der Waals surface area contributed by atoms with Gasteiger partial charge >= 0.3 is 0 Å². The van der Waals surface area contributed by atoms with E-state index in [1.54, 1.807) is 6.33 Å². The quantitative estimate of drug-likeness (QED) is 0.572. The van der Waals surface area contributed by atoms with Gasteiger partial charge in [-0.3, -0.25) is 4.79 Å². The summed E-state index contributed by atoms with van der Waals surface area (Å²) in [5.74, 6) is 3.03. The number of ketones is 1. The average Bonchev–Trinajstić information content (AvgIpc) is 3.25. The van der Waals surface area contributed by atoms with Gasteiger partial charge in [-0.1, -0.05) is 26.0 Å². The van der Waals surface area contributed by atoms with Crippen LogP contribution in [0.2, 0.25) is 0 Å². The van der Waals surface area contributed by atoms with Gasteiger partial charge in [-0.25, -0.2) is 4.98 Å². The fourth-order valence-corrected chi connectivity index (χ4v) is 3.75. The highest BCUT2D eigenvalue weighted by atomic mass is 16.1. The molecule has 0 radical (unpaired) electrons. The first-order valence-electron chi connectivity index (χ1n) is 10.5. The number of para-hydroxylation sites is 1. The number of Topliss-reactive ketones (excluding diaryl/α,β-unsaturated/α-hetero) is 1. The summed E-state index contributed by atoms with van der Waals surface area (Å²) in [6.07, 6.45) is 8.73. The number of hydrogen-bond acceptors (Lipinski definition) is 4. The Morgan fingerprint density at radius 2 is 1.89 bits per heavy atom. The number of aromatic nitrogens is 5. The number of aryl methyl sites for hydroxylation is 3. The highest BCUT2D eigenvalue weighted by molar-refractivity contribution is 5.81. The Hall–Kier alpha value is -2.50. The molecule has 0 atom stereocenters. The van der Waals surface area contributed by atoms with Crippen molar-refractivity contribution in [2.45, 2.75) is 71.3 Å². The lowest BCUT2D eigenvalue weighted by Crippen LogP contribution is -2.10. The second-order valence-corrected chi connectivity index (χ2v) is 8.32. The van der Waals surface area contributed by atoms with E-state index in [1.165, 1.54) is 12.8 Å². The molecule has 0 saturated heterocycles. The molecule has 2 aromatic heterocycles. The number of fused-ring (bicyclic) bond motifs is 1. The minimum Gasteiger partial charge on any atom is -0.345 e. The number of aromatic amines is 1. The molecule has 148 valence electrons. The first-order valence-corrected chi connectivity index (χ1v) is 10.5. The number of carbonyl (C=O) groups excluding carboxylic acids is 1. The van der Waals surface area contributed by atoms with Crippen LogP contribution in [0.5, 0.6) is 0 Å². The maximum atomic E-state index is 12.5. The van der Waals surface area contributed by atoms with Crippen molar-refractivity contribution in [3.63, 3.8) is 0 Å². The standard InChI is InChI=1S/C22H29N5O/c1-15(2)6-12-20-25-26-21(27(20)17-8-9-17)13-11-18(28)10-7-16-4-3-5-19-22(16)24-14-23-19/h3-5,14-15,17H,6-13H2,1-2H3,(H,23,24).